The summed E-state index contributed by atoms with van der Waals surface area (Å²) < 4.78 is 5.64. The number of rotatable bonds is 3. The Labute approximate surface area is 146 Å². The average Bonchev–Trinajstić information content (AvgIpc) is 2.96. The summed E-state index contributed by atoms with van der Waals surface area (Å²) in [5, 5.41) is 0. The second-order valence-corrected chi connectivity index (χ2v) is 6.85. The minimum Gasteiger partial charge on any atom is -0.376 e. The zero-order valence-corrected chi connectivity index (χ0v) is 14.6. The van der Waals surface area contributed by atoms with E-state index in [1.165, 1.54) is 16.7 Å². The molecule has 2 aromatic carbocycles. The van der Waals surface area contributed by atoms with E-state index in [1.54, 1.807) is 0 Å². The van der Waals surface area contributed by atoms with Gasteiger partial charge in [0.25, 0.3) is 0 Å². The summed E-state index contributed by atoms with van der Waals surface area (Å²) in [6.07, 6.45) is 0.296. The van der Waals surface area contributed by atoms with E-state index in [0.717, 1.165) is 42.8 Å². The molecule has 1 aromatic heterocycles. The minimum atomic E-state index is -0.168. The monoisotopic (exact) mass is 337 g/mol. The van der Waals surface area contributed by atoms with Gasteiger partial charge in [0.2, 0.25) is 0 Å². The summed E-state index contributed by atoms with van der Waals surface area (Å²) in [6, 6.07) is 12.5. The molecule has 1 saturated heterocycles. The fourth-order valence-electron chi connectivity index (χ4n) is 3.64. The normalized spacial score (nSPS) is 18.7. The van der Waals surface area contributed by atoms with Crippen LogP contribution in [0.2, 0.25) is 0 Å². The first-order valence-corrected chi connectivity index (χ1v) is 8.75. The first-order valence-electron chi connectivity index (χ1n) is 8.75. The van der Waals surface area contributed by atoms with Gasteiger partial charge in [0.15, 0.2) is 0 Å². The van der Waals surface area contributed by atoms with Crippen molar-refractivity contribution in [3.63, 3.8) is 0 Å². The van der Waals surface area contributed by atoms with E-state index < -0.39 is 0 Å². The number of H-pyrrole nitrogens is 2. The first kappa shape index (κ1) is 16.1. The molecule has 2 N–H and O–H groups in total. The van der Waals surface area contributed by atoms with Crippen molar-refractivity contribution >= 4 is 11.0 Å². The number of benzene rings is 2. The van der Waals surface area contributed by atoms with Crippen molar-refractivity contribution in [2.24, 2.45) is 0 Å². The Balaban J connectivity index is 1.66. The van der Waals surface area contributed by atoms with E-state index in [2.05, 4.69) is 53.0 Å². The van der Waals surface area contributed by atoms with E-state index in [1.807, 2.05) is 12.1 Å². The summed E-state index contributed by atoms with van der Waals surface area (Å²) in [5.74, 6) is 0. The van der Waals surface area contributed by atoms with Gasteiger partial charge in [0, 0.05) is 19.6 Å². The summed E-state index contributed by atoms with van der Waals surface area (Å²) in [4.78, 5) is 19.6. The first-order chi connectivity index (χ1) is 12.1. The number of aromatic nitrogens is 2. The molecule has 5 heteroatoms. The van der Waals surface area contributed by atoms with Gasteiger partial charge in [-0.25, -0.2) is 4.79 Å². The standard InChI is InChI=1S/C20H23N3O2/c1-13-11-23(8-9-25-13)12-16-4-3-5-17(14(16)2)15-6-7-18-19(10-15)22-20(24)21-18/h3-7,10,13H,8-9,11-12H2,1-2H3,(H2,21,22,24). The number of aromatic amines is 2. The van der Waals surface area contributed by atoms with Gasteiger partial charge in [-0.05, 0) is 48.2 Å². The maximum absolute atomic E-state index is 11.5. The van der Waals surface area contributed by atoms with Gasteiger partial charge in [-0.1, -0.05) is 24.3 Å². The number of ether oxygens (including phenoxy) is 1. The van der Waals surface area contributed by atoms with Gasteiger partial charge >= 0.3 is 5.69 Å². The van der Waals surface area contributed by atoms with Crippen LogP contribution in [-0.2, 0) is 11.3 Å². The van der Waals surface area contributed by atoms with E-state index in [0.29, 0.717) is 6.10 Å². The number of morpholine rings is 1. The Morgan fingerprint density at radius 3 is 2.88 bits per heavy atom. The van der Waals surface area contributed by atoms with Crippen molar-refractivity contribution in [3.8, 4) is 11.1 Å². The average molecular weight is 337 g/mol. The predicted molar refractivity (Wildman–Crippen MR) is 99.8 cm³/mol. The van der Waals surface area contributed by atoms with Gasteiger partial charge in [0.1, 0.15) is 0 Å². The third kappa shape index (κ3) is 3.25. The van der Waals surface area contributed by atoms with Crippen LogP contribution in [0.4, 0.5) is 0 Å². The van der Waals surface area contributed by atoms with Crippen molar-refractivity contribution in [3.05, 3.63) is 58.0 Å². The molecule has 25 heavy (non-hydrogen) atoms. The topological polar surface area (TPSA) is 61.1 Å². The highest BCUT2D eigenvalue weighted by molar-refractivity contribution is 5.82. The van der Waals surface area contributed by atoms with Crippen LogP contribution in [0.15, 0.2) is 41.2 Å². The molecule has 0 aliphatic carbocycles. The molecule has 0 bridgehead atoms. The molecule has 1 fully saturated rings. The molecule has 1 aliphatic heterocycles. The van der Waals surface area contributed by atoms with Crippen molar-refractivity contribution in [1.29, 1.82) is 0 Å². The van der Waals surface area contributed by atoms with Crippen molar-refractivity contribution < 1.29 is 4.74 Å². The second kappa shape index (κ2) is 6.50. The lowest BCUT2D eigenvalue weighted by Gasteiger charge is -2.31. The molecule has 0 saturated carbocycles. The Morgan fingerprint density at radius 2 is 2.04 bits per heavy atom. The second-order valence-electron chi connectivity index (χ2n) is 6.85. The Bertz CT molecular complexity index is 957. The highest BCUT2D eigenvalue weighted by Gasteiger charge is 2.18. The van der Waals surface area contributed by atoms with Crippen LogP contribution in [0.5, 0.6) is 0 Å². The molecule has 3 aromatic rings. The van der Waals surface area contributed by atoms with Crippen LogP contribution in [-0.4, -0.2) is 40.7 Å². The smallest absolute Gasteiger partial charge is 0.323 e. The third-order valence-corrected chi connectivity index (χ3v) is 4.99. The zero-order chi connectivity index (χ0) is 17.4. The maximum atomic E-state index is 11.5. The molecule has 0 spiro atoms. The van der Waals surface area contributed by atoms with Gasteiger partial charge in [-0.15, -0.1) is 0 Å². The Kier molecular flexibility index (Phi) is 4.19. The van der Waals surface area contributed by atoms with Crippen LogP contribution in [0.25, 0.3) is 22.2 Å². The molecule has 4 rings (SSSR count). The van der Waals surface area contributed by atoms with Crippen LogP contribution >= 0.6 is 0 Å². The lowest BCUT2D eigenvalue weighted by atomic mass is 9.96. The molecule has 1 unspecified atom stereocenters. The Hall–Kier alpha value is -2.37. The van der Waals surface area contributed by atoms with Gasteiger partial charge in [-0.3, -0.25) is 4.90 Å². The number of nitrogens with zero attached hydrogens (tertiary/aromatic N) is 1. The lowest BCUT2D eigenvalue weighted by Crippen LogP contribution is -2.40. The van der Waals surface area contributed by atoms with Gasteiger partial charge < -0.3 is 14.7 Å². The van der Waals surface area contributed by atoms with Crippen molar-refractivity contribution in [2.75, 3.05) is 19.7 Å². The van der Waals surface area contributed by atoms with Gasteiger partial charge in [0.05, 0.1) is 23.7 Å². The number of hydrogen-bond acceptors (Lipinski definition) is 3. The predicted octanol–water partition coefficient (Wildman–Crippen LogP) is 3.05. The molecular weight excluding hydrogens is 314 g/mol. The van der Waals surface area contributed by atoms with Crippen LogP contribution in [0.3, 0.4) is 0 Å². The van der Waals surface area contributed by atoms with Crippen LogP contribution in [0, 0.1) is 6.92 Å². The summed E-state index contributed by atoms with van der Waals surface area (Å²) in [7, 11) is 0. The molecule has 1 aliphatic rings. The van der Waals surface area contributed by atoms with Gasteiger partial charge in [-0.2, -0.15) is 0 Å². The van der Waals surface area contributed by atoms with E-state index in [9.17, 15) is 4.79 Å². The summed E-state index contributed by atoms with van der Waals surface area (Å²) >= 11 is 0. The highest BCUT2D eigenvalue weighted by Crippen LogP contribution is 2.28. The quantitative estimate of drug-likeness (QED) is 0.772. The minimum absolute atomic E-state index is 0.168. The zero-order valence-electron chi connectivity index (χ0n) is 14.6. The molecule has 0 amide bonds. The number of fused-ring (bicyclic) bond motifs is 1. The molecule has 2 heterocycles. The maximum Gasteiger partial charge on any atom is 0.323 e. The third-order valence-electron chi connectivity index (χ3n) is 4.99. The number of hydrogen-bond donors (Lipinski definition) is 2. The number of imidazole rings is 1. The summed E-state index contributed by atoms with van der Waals surface area (Å²) in [6.45, 7) is 8.00. The Morgan fingerprint density at radius 1 is 1.20 bits per heavy atom. The van der Waals surface area contributed by atoms with Crippen molar-refractivity contribution in [1.82, 2.24) is 14.9 Å². The summed E-state index contributed by atoms with van der Waals surface area (Å²) in [5.41, 5.74) is 6.48. The van der Waals surface area contributed by atoms with E-state index >= 15 is 0 Å². The lowest BCUT2D eigenvalue weighted by molar-refractivity contribution is -0.0212. The van der Waals surface area contributed by atoms with Crippen LogP contribution in [0.1, 0.15) is 18.1 Å². The molecule has 130 valence electrons. The van der Waals surface area contributed by atoms with Crippen LogP contribution < -0.4 is 5.69 Å². The fraction of sp³-hybridized carbons (Fsp3) is 0.350. The molecule has 5 nitrogen and oxygen atoms in total. The number of nitrogens with one attached hydrogen (secondary N) is 2. The molecule has 1 atom stereocenters. The van der Waals surface area contributed by atoms with E-state index in [-0.39, 0.29) is 5.69 Å². The largest absolute Gasteiger partial charge is 0.376 e. The van der Waals surface area contributed by atoms with E-state index in [4.69, 9.17) is 4.74 Å². The molecular formula is C20H23N3O2. The fourth-order valence-corrected chi connectivity index (χ4v) is 3.64. The SMILES string of the molecule is Cc1c(CN2CCOC(C)C2)cccc1-c1ccc2[nH]c(=O)[nH]c2c1. The van der Waals surface area contributed by atoms with Crippen molar-refractivity contribution in [2.45, 2.75) is 26.5 Å². The highest BCUT2D eigenvalue weighted by atomic mass is 16.5. The molecule has 0 radical (unpaired) electrons.